The van der Waals surface area contributed by atoms with E-state index in [1.54, 1.807) is 0 Å². The van der Waals surface area contributed by atoms with E-state index in [1.165, 1.54) is 17.5 Å². The molecule has 1 aliphatic rings. The Kier molecular flexibility index (Phi) is 6.90. The molecule has 1 aromatic rings. The molecule has 2 rings (SSSR count). The molecule has 1 heterocycles. The standard InChI is InChI=1S/C19H31N3O/c1-4-21(5-2)15-18-12-7-6-11-17(18)14-20-19(23)22-13-9-8-10-16(22)3/h6-7,11-12,16H,4-5,8-10,13-15H2,1-3H3,(H,20,23). The predicted molar refractivity (Wildman–Crippen MR) is 95.3 cm³/mol. The van der Waals surface area contributed by atoms with Gasteiger partial charge < -0.3 is 10.2 Å². The first-order valence-electron chi connectivity index (χ1n) is 8.99. The van der Waals surface area contributed by atoms with Gasteiger partial charge >= 0.3 is 6.03 Å². The van der Waals surface area contributed by atoms with Crippen molar-refractivity contribution >= 4 is 6.03 Å². The lowest BCUT2D eigenvalue weighted by atomic mass is 10.0. The van der Waals surface area contributed by atoms with Crippen molar-refractivity contribution in [3.8, 4) is 0 Å². The maximum atomic E-state index is 12.4. The van der Waals surface area contributed by atoms with Crippen LogP contribution in [-0.2, 0) is 13.1 Å². The van der Waals surface area contributed by atoms with Crippen LogP contribution in [0.15, 0.2) is 24.3 Å². The van der Waals surface area contributed by atoms with Crippen molar-refractivity contribution < 1.29 is 4.79 Å². The van der Waals surface area contributed by atoms with Crippen LogP contribution in [0.2, 0.25) is 0 Å². The first-order valence-corrected chi connectivity index (χ1v) is 8.99. The fourth-order valence-electron chi connectivity index (χ4n) is 3.24. The van der Waals surface area contributed by atoms with E-state index >= 15 is 0 Å². The first kappa shape index (κ1) is 17.8. The summed E-state index contributed by atoms with van der Waals surface area (Å²) < 4.78 is 0. The highest BCUT2D eigenvalue weighted by Crippen LogP contribution is 2.17. The molecule has 1 atom stereocenters. The van der Waals surface area contributed by atoms with Gasteiger partial charge in [-0.2, -0.15) is 0 Å². The van der Waals surface area contributed by atoms with Crippen LogP contribution in [0.1, 0.15) is 51.2 Å². The molecule has 1 unspecified atom stereocenters. The van der Waals surface area contributed by atoms with E-state index in [9.17, 15) is 4.79 Å². The van der Waals surface area contributed by atoms with Crippen molar-refractivity contribution in [3.05, 3.63) is 35.4 Å². The van der Waals surface area contributed by atoms with Gasteiger partial charge in [0.2, 0.25) is 0 Å². The molecule has 4 nitrogen and oxygen atoms in total. The maximum absolute atomic E-state index is 12.4. The highest BCUT2D eigenvalue weighted by atomic mass is 16.2. The molecule has 0 radical (unpaired) electrons. The summed E-state index contributed by atoms with van der Waals surface area (Å²) in [5.74, 6) is 0. The van der Waals surface area contributed by atoms with Crippen molar-refractivity contribution in [1.29, 1.82) is 0 Å². The van der Waals surface area contributed by atoms with E-state index in [4.69, 9.17) is 0 Å². The van der Waals surface area contributed by atoms with Gasteiger partial charge in [0.1, 0.15) is 0 Å². The number of hydrogen-bond acceptors (Lipinski definition) is 2. The van der Waals surface area contributed by atoms with Gasteiger partial charge in [0.05, 0.1) is 0 Å². The predicted octanol–water partition coefficient (Wildman–Crippen LogP) is 3.61. The zero-order chi connectivity index (χ0) is 16.7. The van der Waals surface area contributed by atoms with Crippen molar-refractivity contribution in [2.45, 2.75) is 59.2 Å². The Balaban J connectivity index is 1.96. The molecule has 0 bridgehead atoms. The molecule has 128 valence electrons. The Morgan fingerprint density at radius 3 is 2.57 bits per heavy atom. The average molecular weight is 317 g/mol. The molecular formula is C19H31N3O. The van der Waals surface area contributed by atoms with Gasteiger partial charge in [-0.1, -0.05) is 38.1 Å². The Morgan fingerprint density at radius 2 is 1.91 bits per heavy atom. The molecule has 0 aliphatic carbocycles. The molecule has 23 heavy (non-hydrogen) atoms. The summed E-state index contributed by atoms with van der Waals surface area (Å²) in [6.07, 6.45) is 3.47. The largest absolute Gasteiger partial charge is 0.334 e. The second-order valence-corrected chi connectivity index (χ2v) is 6.43. The summed E-state index contributed by atoms with van der Waals surface area (Å²) >= 11 is 0. The zero-order valence-electron chi connectivity index (χ0n) is 14.8. The lowest BCUT2D eigenvalue weighted by Crippen LogP contribution is -2.47. The Morgan fingerprint density at radius 1 is 1.22 bits per heavy atom. The van der Waals surface area contributed by atoms with Gasteiger partial charge in [0.15, 0.2) is 0 Å². The van der Waals surface area contributed by atoms with E-state index in [1.807, 2.05) is 4.90 Å². The minimum absolute atomic E-state index is 0.0786. The van der Waals surface area contributed by atoms with Crippen LogP contribution < -0.4 is 5.32 Å². The molecule has 0 saturated carbocycles. The van der Waals surface area contributed by atoms with Crippen LogP contribution in [0.3, 0.4) is 0 Å². The molecule has 1 aromatic carbocycles. The zero-order valence-corrected chi connectivity index (χ0v) is 14.8. The van der Waals surface area contributed by atoms with Crippen molar-refractivity contribution in [2.24, 2.45) is 0 Å². The normalized spacial score (nSPS) is 18.3. The summed E-state index contributed by atoms with van der Waals surface area (Å²) in [6, 6.07) is 8.86. The van der Waals surface area contributed by atoms with E-state index in [0.717, 1.165) is 39.0 Å². The molecule has 4 heteroatoms. The highest BCUT2D eigenvalue weighted by Gasteiger charge is 2.22. The van der Waals surface area contributed by atoms with E-state index in [2.05, 4.69) is 55.3 Å². The van der Waals surface area contributed by atoms with Crippen LogP contribution in [-0.4, -0.2) is 41.5 Å². The third-order valence-corrected chi connectivity index (χ3v) is 4.90. The molecule has 1 aliphatic heterocycles. The van der Waals surface area contributed by atoms with Crippen LogP contribution >= 0.6 is 0 Å². The molecule has 0 aromatic heterocycles. The van der Waals surface area contributed by atoms with Gasteiger partial charge in [-0.15, -0.1) is 0 Å². The van der Waals surface area contributed by atoms with Crippen LogP contribution in [0.25, 0.3) is 0 Å². The molecule has 1 fully saturated rings. The van der Waals surface area contributed by atoms with E-state index in [-0.39, 0.29) is 6.03 Å². The summed E-state index contributed by atoms with van der Waals surface area (Å²) in [5, 5.41) is 3.12. The minimum Gasteiger partial charge on any atom is -0.334 e. The number of nitrogens with zero attached hydrogens (tertiary/aromatic N) is 2. The lowest BCUT2D eigenvalue weighted by Gasteiger charge is -2.33. The highest BCUT2D eigenvalue weighted by molar-refractivity contribution is 5.74. The third-order valence-electron chi connectivity index (χ3n) is 4.90. The Hall–Kier alpha value is -1.55. The number of benzene rings is 1. The quantitative estimate of drug-likeness (QED) is 0.870. The van der Waals surface area contributed by atoms with Gasteiger partial charge in [-0.25, -0.2) is 4.79 Å². The van der Waals surface area contributed by atoms with E-state index in [0.29, 0.717) is 12.6 Å². The topological polar surface area (TPSA) is 35.6 Å². The minimum atomic E-state index is 0.0786. The molecular weight excluding hydrogens is 286 g/mol. The summed E-state index contributed by atoms with van der Waals surface area (Å²) in [5.41, 5.74) is 2.53. The summed E-state index contributed by atoms with van der Waals surface area (Å²) in [4.78, 5) is 16.8. The van der Waals surface area contributed by atoms with Crippen molar-refractivity contribution in [3.63, 3.8) is 0 Å². The van der Waals surface area contributed by atoms with Gasteiger partial charge in [-0.3, -0.25) is 4.90 Å². The summed E-state index contributed by atoms with van der Waals surface area (Å²) in [6.45, 7) is 11.0. The van der Waals surface area contributed by atoms with Crippen molar-refractivity contribution in [2.75, 3.05) is 19.6 Å². The van der Waals surface area contributed by atoms with Gasteiger partial charge in [0.25, 0.3) is 0 Å². The van der Waals surface area contributed by atoms with Crippen molar-refractivity contribution in [1.82, 2.24) is 15.1 Å². The third kappa shape index (κ3) is 4.96. The first-order chi connectivity index (χ1) is 11.2. The number of amides is 2. The fraction of sp³-hybridized carbons (Fsp3) is 0.632. The number of hydrogen-bond donors (Lipinski definition) is 1. The fourth-order valence-corrected chi connectivity index (χ4v) is 3.24. The molecule has 0 spiro atoms. The number of urea groups is 1. The lowest BCUT2D eigenvalue weighted by molar-refractivity contribution is 0.157. The smallest absolute Gasteiger partial charge is 0.317 e. The monoisotopic (exact) mass is 317 g/mol. The Bertz CT molecular complexity index is 499. The van der Waals surface area contributed by atoms with Gasteiger partial charge in [-0.05, 0) is 50.4 Å². The second kappa shape index (κ2) is 8.92. The number of nitrogens with one attached hydrogen (secondary N) is 1. The number of carbonyl (C=O) groups is 1. The number of likely N-dealkylation sites (tertiary alicyclic amines) is 1. The van der Waals surface area contributed by atoms with Crippen LogP contribution in [0, 0.1) is 0 Å². The SMILES string of the molecule is CCN(CC)Cc1ccccc1CNC(=O)N1CCCCC1C. The van der Waals surface area contributed by atoms with Crippen LogP contribution in [0.4, 0.5) is 4.79 Å². The maximum Gasteiger partial charge on any atom is 0.317 e. The second-order valence-electron chi connectivity index (χ2n) is 6.43. The number of rotatable bonds is 6. The molecule has 2 amide bonds. The average Bonchev–Trinajstić information content (AvgIpc) is 2.58. The summed E-state index contributed by atoms with van der Waals surface area (Å²) in [7, 11) is 0. The Labute approximate surface area is 140 Å². The van der Waals surface area contributed by atoms with E-state index < -0.39 is 0 Å². The molecule has 1 N–H and O–H groups in total. The van der Waals surface area contributed by atoms with Gasteiger partial charge in [0, 0.05) is 25.7 Å². The number of carbonyl (C=O) groups excluding carboxylic acids is 1. The molecule has 1 saturated heterocycles. The van der Waals surface area contributed by atoms with Crippen LogP contribution in [0.5, 0.6) is 0 Å². The number of piperidine rings is 1.